The number of ether oxygens (including phenoxy) is 2. The summed E-state index contributed by atoms with van der Waals surface area (Å²) in [6.07, 6.45) is 2.02. The normalized spacial score (nSPS) is 20.1. The highest BCUT2D eigenvalue weighted by Crippen LogP contribution is 2.28. The Morgan fingerprint density at radius 3 is 2.68 bits per heavy atom. The van der Waals surface area contributed by atoms with E-state index in [1.165, 1.54) is 12.0 Å². The predicted octanol–water partition coefficient (Wildman–Crippen LogP) is 1.73. The number of nitrogens with zero attached hydrogens (tertiary/aromatic N) is 3. The summed E-state index contributed by atoms with van der Waals surface area (Å²) in [6.45, 7) is 4.98. The first kappa shape index (κ1) is 20.4. The summed E-state index contributed by atoms with van der Waals surface area (Å²) >= 11 is 0. The lowest BCUT2D eigenvalue weighted by Crippen LogP contribution is -2.47. The van der Waals surface area contributed by atoms with E-state index in [9.17, 15) is 9.59 Å². The molecule has 2 heterocycles. The van der Waals surface area contributed by atoms with Crippen molar-refractivity contribution in [3.05, 3.63) is 23.8 Å². The second kappa shape index (κ2) is 9.25. The van der Waals surface area contributed by atoms with Crippen LogP contribution in [0.1, 0.15) is 23.2 Å². The van der Waals surface area contributed by atoms with Crippen molar-refractivity contribution in [1.29, 1.82) is 0 Å². The third-order valence-corrected chi connectivity index (χ3v) is 5.31. The molecule has 1 atom stereocenters. The molecule has 1 unspecified atom stereocenters. The minimum absolute atomic E-state index is 0.110. The Bertz CT molecular complexity index is 703. The lowest BCUT2D eigenvalue weighted by molar-refractivity contribution is 0.0296. The molecule has 28 heavy (non-hydrogen) atoms. The van der Waals surface area contributed by atoms with Gasteiger partial charge in [-0.2, -0.15) is 0 Å². The number of morpholine rings is 1. The Morgan fingerprint density at radius 1 is 1.25 bits per heavy atom. The molecule has 8 heteroatoms. The van der Waals surface area contributed by atoms with Gasteiger partial charge in [-0.15, -0.1) is 0 Å². The van der Waals surface area contributed by atoms with Crippen molar-refractivity contribution in [3.8, 4) is 5.75 Å². The maximum Gasteiger partial charge on any atom is 0.322 e. The maximum atomic E-state index is 12.9. The van der Waals surface area contributed by atoms with E-state index < -0.39 is 0 Å². The second-order valence-electron chi connectivity index (χ2n) is 7.45. The van der Waals surface area contributed by atoms with Gasteiger partial charge in [0.25, 0.3) is 5.91 Å². The molecule has 0 bridgehead atoms. The van der Waals surface area contributed by atoms with Crippen molar-refractivity contribution in [1.82, 2.24) is 14.7 Å². The van der Waals surface area contributed by atoms with Gasteiger partial charge in [-0.3, -0.25) is 9.69 Å². The number of hydrogen-bond acceptors (Lipinski definition) is 5. The molecule has 3 rings (SSSR count). The molecule has 154 valence electrons. The third-order valence-electron chi connectivity index (χ3n) is 5.31. The van der Waals surface area contributed by atoms with Crippen molar-refractivity contribution >= 4 is 17.6 Å². The zero-order valence-electron chi connectivity index (χ0n) is 16.9. The quantitative estimate of drug-likeness (QED) is 0.829. The molecule has 1 N–H and O–H groups in total. The van der Waals surface area contributed by atoms with Gasteiger partial charge in [-0.25, -0.2) is 4.79 Å². The molecule has 0 aromatic heterocycles. The summed E-state index contributed by atoms with van der Waals surface area (Å²) in [4.78, 5) is 30.8. The second-order valence-corrected chi connectivity index (χ2v) is 7.45. The summed E-state index contributed by atoms with van der Waals surface area (Å²) in [6, 6.07) is 5.17. The zero-order valence-corrected chi connectivity index (χ0v) is 16.9. The van der Waals surface area contributed by atoms with Crippen LogP contribution in [0.15, 0.2) is 18.2 Å². The molecule has 0 spiro atoms. The minimum atomic E-state index is -0.124. The first-order valence-corrected chi connectivity index (χ1v) is 9.77. The molecule has 0 saturated carbocycles. The number of likely N-dealkylation sites (tertiary alicyclic amines) is 1. The standard InChI is InChI=1S/C20H30N4O4/c1-22(2)19(25)15-6-7-17(18(13-15)27-3)21-20(26)24-8-4-5-16(24)14-23-9-11-28-12-10-23/h6-7,13,16H,4-5,8-12,14H2,1-3H3,(H,21,26). The summed E-state index contributed by atoms with van der Waals surface area (Å²) in [5, 5.41) is 2.96. The lowest BCUT2D eigenvalue weighted by Gasteiger charge is -2.33. The molecule has 0 radical (unpaired) electrons. The van der Waals surface area contributed by atoms with Crippen molar-refractivity contribution < 1.29 is 19.1 Å². The first-order chi connectivity index (χ1) is 13.5. The number of hydrogen-bond donors (Lipinski definition) is 1. The molecule has 2 saturated heterocycles. The number of carbonyl (C=O) groups is 2. The highest BCUT2D eigenvalue weighted by atomic mass is 16.5. The van der Waals surface area contributed by atoms with Gasteiger partial charge in [-0.1, -0.05) is 0 Å². The fraction of sp³-hybridized carbons (Fsp3) is 0.600. The summed E-state index contributed by atoms with van der Waals surface area (Å²) < 4.78 is 10.8. The highest BCUT2D eigenvalue weighted by Gasteiger charge is 2.31. The molecule has 0 aliphatic carbocycles. The largest absolute Gasteiger partial charge is 0.495 e. The smallest absolute Gasteiger partial charge is 0.322 e. The van der Waals surface area contributed by atoms with Gasteiger partial charge < -0.3 is 24.6 Å². The summed E-state index contributed by atoms with van der Waals surface area (Å²) in [5.74, 6) is 0.367. The van der Waals surface area contributed by atoms with Gasteiger partial charge >= 0.3 is 6.03 Å². The van der Waals surface area contributed by atoms with E-state index in [2.05, 4.69) is 10.2 Å². The fourth-order valence-electron chi connectivity index (χ4n) is 3.75. The van der Waals surface area contributed by atoms with Gasteiger partial charge in [0.1, 0.15) is 5.75 Å². The van der Waals surface area contributed by atoms with Gasteiger partial charge in [0, 0.05) is 51.9 Å². The third kappa shape index (κ3) is 4.74. The zero-order chi connectivity index (χ0) is 20.1. The van der Waals surface area contributed by atoms with Gasteiger partial charge in [0.2, 0.25) is 0 Å². The van der Waals surface area contributed by atoms with Crippen LogP contribution in [-0.2, 0) is 4.74 Å². The van der Waals surface area contributed by atoms with E-state index in [4.69, 9.17) is 9.47 Å². The molecule has 2 aliphatic heterocycles. The number of methoxy groups -OCH3 is 1. The number of benzene rings is 1. The fourth-order valence-corrected chi connectivity index (χ4v) is 3.75. The number of urea groups is 1. The average Bonchev–Trinajstić information content (AvgIpc) is 3.16. The Hall–Kier alpha value is -2.32. The van der Waals surface area contributed by atoms with E-state index >= 15 is 0 Å². The minimum Gasteiger partial charge on any atom is -0.495 e. The molecule has 1 aromatic carbocycles. The van der Waals surface area contributed by atoms with Crippen LogP contribution in [-0.4, -0.2) is 93.3 Å². The topological polar surface area (TPSA) is 74.4 Å². The maximum absolute atomic E-state index is 12.9. The monoisotopic (exact) mass is 390 g/mol. The highest BCUT2D eigenvalue weighted by molar-refractivity contribution is 5.97. The Kier molecular flexibility index (Phi) is 6.74. The van der Waals surface area contributed by atoms with Crippen LogP contribution in [0.4, 0.5) is 10.5 Å². The van der Waals surface area contributed by atoms with Crippen LogP contribution in [0.3, 0.4) is 0 Å². The van der Waals surface area contributed by atoms with Crippen LogP contribution >= 0.6 is 0 Å². The van der Waals surface area contributed by atoms with Crippen LogP contribution in [0.25, 0.3) is 0 Å². The van der Waals surface area contributed by atoms with Crippen LogP contribution in [0.2, 0.25) is 0 Å². The predicted molar refractivity (Wildman–Crippen MR) is 107 cm³/mol. The lowest BCUT2D eigenvalue weighted by atomic mass is 10.1. The number of nitrogens with one attached hydrogen (secondary N) is 1. The van der Waals surface area contributed by atoms with Crippen molar-refractivity contribution in [3.63, 3.8) is 0 Å². The number of amides is 3. The molecular weight excluding hydrogens is 360 g/mol. The first-order valence-electron chi connectivity index (χ1n) is 9.77. The Balaban J connectivity index is 1.66. The summed E-state index contributed by atoms with van der Waals surface area (Å²) in [5.41, 5.74) is 1.09. The molecule has 2 aliphatic rings. The van der Waals surface area contributed by atoms with Crippen molar-refractivity contribution in [2.75, 3.05) is 65.9 Å². The van der Waals surface area contributed by atoms with Gasteiger partial charge in [0.05, 0.1) is 26.0 Å². The Morgan fingerprint density at radius 2 is 2.00 bits per heavy atom. The number of carbonyl (C=O) groups excluding carboxylic acids is 2. The molecule has 1 aromatic rings. The van der Waals surface area contributed by atoms with E-state index in [0.29, 0.717) is 17.0 Å². The number of anilines is 1. The van der Waals surface area contributed by atoms with Crippen molar-refractivity contribution in [2.24, 2.45) is 0 Å². The molecule has 8 nitrogen and oxygen atoms in total. The van der Waals surface area contributed by atoms with Gasteiger partial charge in [0.15, 0.2) is 0 Å². The van der Waals surface area contributed by atoms with E-state index in [0.717, 1.165) is 52.2 Å². The van der Waals surface area contributed by atoms with Crippen LogP contribution < -0.4 is 10.1 Å². The van der Waals surface area contributed by atoms with E-state index in [1.807, 2.05) is 4.90 Å². The van der Waals surface area contributed by atoms with Gasteiger partial charge in [-0.05, 0) is 31.0 Å². The van der Waals surface area contributed by atoms with E-state index in [-0.39, 0.29) is 18.0 Å². The van der Waals surface area contributed by atoms with Crippen LogP contribution in [0.5, 0.6) is 5.75 Å². The summed E-state index contributed by atoms with van der Waals surface area (Å²) in [7, 11) is 4.94. The average molecular weight is 390 g/mol. The molecular formula is C20H30N4O4. The molecule has 3 amide bonds. The molecule has 2 fully saturated rings. The van der Waals surface area contributed by atoms with Crippen molar-refractivity contribution in [2.45, 2.75) is 18.9 Å². The SMILES string of the molecule is COc1cc(C(=O)N(C)C)ccc1NC(=O)N1CCCC1CN1CCOCC1. The van der Waals surface area contributed by atoms with E-state index in [1.54, 1.807) is 32.3 Å². The number of rotatable bonds is 5. The Labute approximate surface area is 166 Å². The van der Waals surface area contributed by atoms with Crippen LogP contribution in [0, 0.1) is 0 Å².